The molecule has 1 saturated heterocycles. The summed E-state index contributed by atoms with van der Waals surface area (Å²) in [4.78, 5) is 19.1. The Morgan fingerprint density at radius 3 is 2.23 bits per heavy atom. The van der Waals surface area contributed by atoms with Crippen LogP contribution in [-0.2, 0) is 20.9 Å². The molecule has 6 nitrogen and oxygen atoms in total. The van der Waals surface area contributed by atoms with Gasteiger partial charge in [0.1, 0.15) is 0 Å². The predicted molar refractivity (Wildman–Crippen MR) is 102 cm³/mol. The van der Waals surface area contributed by atoms with Crippen LogP contribution in [0.5, 0.6) is 0 Å². The highest BCUT2D eigenvalue weighted by atomic mass is 19.2. The van der Waals surface area contributed by atoms with Crippen LogP contribution in [0.2, 0.25) is 0 Å². The van der Waals surface area contributed by atoms with Crippen molar-refractivity contribution in [3.05, 3.63) is 71.3 Å². The molecular weight excluding hydrogens is 422 g/mol. The number of ether oxygens (including phenoxy) is 1. The summed E-state index contributed by atoms with van der Waals surface area (Å²) in [7, 11) is 0. The van der Waals surface area contributed by atoms with Crippen LogP contribution in [0.25, 0.3) is 11.1 Å². The number of carboxylic acid groups (broad SMARTS) is 2. The van der Waals surface area contributed by atoms with Crippen LogP contribution in [-0.4, -0.2) is 41.3 Å². The van der Waals surface area contributed by atoms with E-state index >= 15 is 0 Å². The normalized spacial score (nSPS) is 15.5. The number of aliphatic carboxylic acids is 2. The van der Waals surface area contributed by atoms with Crippen molar-refractivity contribution in [3.8, 4) is 11.1 Å². The zero-order chi connectivity index (χ0) is 23.0. The lowest BCUT2D eigenvalue weighted by Crippen LogP contribution is -2.16. The minimum atomic E-state index is -1.26. The van der Waals surface area contributed by atoms with E-state index in [1.54, 1.807) is 0 Å². The molecule has 0 aliphatic carbocycles. The molecule has 1 atom stereocenters. The molecule has 0 saturated carbocycles. The summed E-state index contributed by atoms with van der Waals surface area (Å²) in [5.74, 6) is -6.81. The smallest absolute Gasteiger partial charge is 0.328 e. The first-order valence-electron chi connectivity index (χ1n) is 9.07. The molecule has 0 amide bonds. The van der Waals surface area contributed by atoms with Gasteiger partial charge in [-0.2, -0.15) is 0 Å². The standard InChI is InChI=1S/C17H15F4NO.C4H4O4/c18-14-3-1-2-12(17(14)21)13-7-16(20)15(19)6-10(13)9-23-11-4-5-22-8-11;5-3(6)1-2-4(7)8/h1-3,6-7,11,22H,4-5,8-9H2;1-2H,(H,5,6)(H,7,8)/b;2-1+/t11-;/m0./s1. The van der Waals surface area contributed by atoms with Crippen molar-refractivity contribution in [2.24, 2.45) is 0 Å². The lowest BCUT2D eigenvalue weighted by Gasteiger charge is -2.15. The molecule has 1 fully saturated rings. The SMILES string of the molecule is Fc1cc(CO[C@H]2CCNC2)c(-c2cccc(F)c2F)cc1F.O=C(O)/C=C/C(=O)O. The highest BCUT2D eigenvalue weighted by molar-refractivity contribution is 5.89. The second-order valence-electron chi connectivity index (χ2n) is 6.46. The summed E-state index contributed by atoms with van der Waals surface area (Å²) in [6.45, 7) is 1.50. The van der Waals surface area contributed by atoms with E-state index in [1.165, 1.54) is 12.1 Å². The fourth-order valence-corrected chi connectivity index (χ4v) is 2.79. The molecule has 31 heavy (non-hydrogen) atoms. The third kappa shape index (κ3) is 7.19. The van der Waals surface area contributed by atoms with Gasteiger partial charge < -0.3 is 20.3 Å². The first-order valence-corrected chi connectivity index (χ1v) is 9.07. The Hall–Kier alpha value is -3.24. The van der Waals surface area contributed by atoms with Crippen molar-refractivity contribution in [1.29, 1.82) is 0 Å². The van der Waals surface area contributed by atoms with E-state index in [2.05, 4.69) is 5.32 Å². The Morgan fingerprint density at radius 2 is 1.65 bits per heavy atom. The third-order valence-corrected chi connectivity index (χ3v) is 4.25. The van der Waals surface area contributed by atoms with E-state index in [4.69, 9.17) is 14.9 Å². The fourth-order valence-electron chi connectivity index (χ4n) is 2.79. The molecule has 0 radical (unpaired) electrons. The van der Waals surface area contributed by atoms with E-state index < -0.39 is 35.2 Å². The quantitative estimate of drug-likeness (QED) is 0.469. The van der Waals surface area contributed by atoms with Gasteiger partial charge in [0.25, 0.3) is 0 Å². The van der Waals surface area contributed by atoms with Gasteiger partial charge in [0.2, 0.25) is 0 Å². The molecule has 0 unspecified atom stereocenters. The van der Waals surface area contributed by atoms with E-state index in [1.807, 2.05) is 0 Å². The zero-order valence-electron chi connectivity index (χ0n) is 16.1. The van der Waals surface area contributed by atoms with Crippen LogP contribution in [0, 0.1) is 23.3 Å². The third-order valence-electron chi connectivity index (χ3n) is 4.25. The Kier molecular flexibility index (Phi) is 8.71. The van der Waals surface area contributed by atoms with Crippen LogP contribution < -0.4 is 5.32 Å². The fraction of sp³-hybridized carbons (Fsp3) is 0.238. The molecule has 1 aliphatic rings. The lowest BCUT2D eigenvalue weighted by atomic mass is 9.99. The van der Waals surface area contributed by atoms with Crippen molar-refractivity contribution in [3.63, 3.8) is 0 Å². The van der Waals surface area contributed by atoms with Crippen LogP contribution in [0.15, 0.2) is 42.5 Å². The number of carboxylic acids is 2. The van der Waals surface area contributed by atoms with Crippen molar-refractivity contribution < 1.29 is 42.1 Å². The minimum absolute atomic E-state index is 0.00513. The molecular formula is C21H19F4NO5. The average Bonchev–Trinajstić information content (AvgIpc) is 3.23. The lowest BCUT2D eigenvalue weighted by molar-refractivity contribution is -0.134. The molecule has 10 heteroatoms. The molecule has 1 aliphatic heterocycles. The number of halogens is 4. The van der Waals surface area contributed by atoms with Gasteiger partial charge in [-0.1, -0.05) is 12.1 Å². The summed E-state index contributed by atoms with van der Waals surface area (Å²) >= 11 is 0. The Balaban J connectivity index is 0.000000366. The summed E-state index contributed by atoms with van der Waals surface area (Å²) in [5.41, 5.74) is 0.249. The van der Waals surface area contributed by atoms with Crippen LogP contribution in [0.1, 0.15) is 12.0 Å². The maximum absolute atomic E-state index is 14.0. The summed E-state index contributed by atoms with van der Waals surface area (Å²) in [6, 6.07) is 5.46. The molecule has 0 aromatic heterocycles. The average molecular weight is 441 g/mol. The number of hydrogen-bond acceptors (Lipinski definition) is 4. The summed E-state index contributed by atoms with van der Waals surface area (Å²) < 4.78 is 60.2. The second-order valence-corrected chi connectivity index (χ2v) is 6.46. The number of carbonyl (C=O) groups is 2. The van der Waals surface area contributed by atoms with Gasteiger partial charge in [-0.25, -0.2) is 27.2 Å². The van der Waals surface area contributed by atoms with Crippen molar-refractivity contribution in [2.75, 3.05) is 13.1 Å². The van der Waals surface area contributed by atoms with Gasteiger partial charge in [0.05, 0.1) is 12.7 Å². The largest absolute Gasteiger partial charge is 0.478 e. The van der Waals surface area contributed by atoms with Crippen LogP contribution in [0.3, 0.4) is 0 Å². The maximum atomic E-state index is 14.0. The predicted octanol–water partition coefficient (Wildman–Crippen LogP) is 3.50. The van der Waals surface area contributed by atoms with Gasteiger partial charge in [-0.05, 0) is 42.3 Å². The number of benzene rings is 2. The minimum Gasteiger partial charge on any atom is -0.478 e. The highest BCUT2D eigenvalue weighted by Crippen LogP contribution is 2.30. The number of nitrogens with one attached hydrogen (secondary N) is 1. The van der Waals surface area contributed by atoms with Crippen LogP contribution >= 0.6 is 0 Å². The first-order chi connectivity index (χ1) is 14.7. The van der Waals surface area contributed by atoms with E-state index in [0.29, 0.717) is 18.7 Å². The van der Waals surface area contributed by atoms with Gasteiger partial charge in [-0.3, -0.25) is 0 Å². The van der Waals surface area contributed by atoms with Gasteiger partial charge in [-0.15, -0.1) is 0 Å². The Bertz CT molecular complexity index is 958. The summed E-state index contributed by atoms with van der Waals surface area (Å²) in [5, 5.41) is 18.7. The molecule has 2 aromatic carbocycles. The van der Waals surface area contributed by atoms with Crippen molar-refractivity contribution >= 4 is 11.9 Å². The van der Waals surface area contributed by atoms with Crippen LogP contribution in [0.4, 0.5) is 17.6 Å². The topological polar surface area (TPSA) is 95.9 Å². The number of hydrogen-bond donors (Lipinski definition) is 3. The number of rotatable bonds is 6. The van der Waals surface area contributed by atoms with E-state index in [0.717, 1.165) is 31.2 Å². The van der Waals surface area contributed by atoms with E-state index in [9.17, 15) is 27.2 Å². The molecule has 3 rings (SSSR count). The molecule has 3 N–H and O–H groups in total. The Labute approximate surface area is 174 Å². The molecule has 1 heterocycles. The van der Waals surface area contributed by atoms with Gasteiger partial charge >= 0.3 is 11.9 Å². The zero-order valence-corrected chi connectivity index (χ0v) is 16.1. The van der Waals surface area contributed by atoms with E-state index in [-0.39, 0.29) is 29.4 Å². The monoisotopic (exact) mass is 441 g/mol. The Morgan fingerprint density at radius 1 is 1.00 bits per heavy atom. The first kappa shape index (κ1) is 24.0. The maximum Gasteiger partial charge on any atom is 0.328 e. The summed E-state index contributed by atoms with van der Waals surface area (Å²) in [6.07, 6.45) is 1.89. The highest BCUT2D eigenvalue weighted by Gasteiger charge is 2.19. The van der Waals surface area contributed by atoms with Gasteiger partial charge in [0.15, 0.2) is 23.3 Å². The second kappa shape index (κ2) is 11.2. The van der Waals surface area contributed by atoms with Crippen molar-refractivity contribution in [2.45, 2.75) is 19.1 Å². The molecule has 2 aromatic rings. The van der Waals surface area contributed by atoms with Crippen molar-refractivity contribution in [1.82, 2.24) is 5.32 Å². The molecule has 0 spiro atoms. The van der Waals surface area contributed by atoms with Gasteiger partial charge in [0, 0.05) is 24.3 Å². The molecule has 166 valence electrons. The molecule has 0 bridgehead atoms.